The van der Waals surface area contributed by atoms with Gasteiger partial charge in [0.25, 0.3) is 5.62 Å². The first-order chi connectivity index (χ1) is 7.19. The number of hydrogen-bond acceptors (Lipinski definition) is 4. The average Bonchev–Trinajstić information content (AvgIpc) is 2.59. The summed E-state index contributed by atoms with van der Waals surface area (Å²) in [6, 6.07) is 5.27. The fraction of sp³-hybridized carbons (Fsp3) is 0.100. The number of benzene rings is 1. The van der Waals surface area contributed by atoms with Gasteiger partial charge in [-0.3, -0.25) is 0 Å². The number of hydrogen-bond donors (Lipinski definition) is 0. The van der Waals surface area contributed by atoms with Crippen molar-refractivity contribution in [2.45, 2.75) is 10.5 Å². The summed E-state index contributed by atoms with van der Waals surface area (Å²) in [5.74, 6) is 0.126. The summed E-state index contributed by atoms with van der Waals surface area (Å²) in [5.41, 5.74) is -0.649. The number of thioether (sulfide) groups is 1. The van der Waals surface area contributed by atoms with Gasteiger partial charge < -0.3 is 9.47 Å². The van der Waals surface area contributed by atoms with E-state index in [0.29, 0.717) is 10.8 Å². The minimum Gasteiger partial charge on any atom is -0.444 e. The Balaban J connectivity index is 2.09. The van der Waals surface area contributed by atoms with Gasteiger partial charge in [0.2, 0.25) is 0 Å². The van der Waals surface area contributed by atoms with Crippen LogP contribution in [-0.2, 0) is 9.53 Å². The van der Waals surface area contributed by atoms with E-state index in [1.165, 1.54) is 11.8 Å². The van der Waals surface area contributed by atoms with Crippen molar-refractivity contribution in [3.8, 4) is 5.75 Å². The minimum absolute atomic E-state index is 0.508. The lowest BCUT2D eigenvalue weighted by molar-refractivity contribution is -0.146. The van der Waals surface area contributed by atoms with E-state index in [4.69, 9.17) is 21.1 Å². The van der Waals surface area contributed by atoms with Crippen molar-refractivity contribution in [1.29, 1.82) is 0 Å². The molecule has 3 nitrogen and oxygen atoms in total. The van der Waals surface area contributed by atoms with Crippen molar-refractivity contribution in [1.82, 2.24) is 0 Å². The van der Waals surface area contributed by atoms with Crippen LogP contribution in [0.25, 0.3) is 0 Å². The molecule has 0 bridgehead atoms. The largest absolute Gasteiger partial charge is 0.444 e. The maximum absolute atomic E-state index is 10.9. The van der Waals surface area contributed by atoms with Crippen molar-refractivity contribution < 1.29 is 14.3 Å². The molecule has 0 aromatic heterocycles. The highest BCUT2D eigenvalue weighted by Gasteiger charge is 2.26. The first kappa shape index (κ1) is 10.4. The Morgan fingerprint density at radius 2 is 2.47 bits per heavy atom. The van der Waals surface area contributed by atoms with Gasteiger partial charge in [-0.05, 0) is 23.9 Å². The van der Waals surface area contributed by atoms with Crippen LogP contribution in [0.2, 0.25) is 5.02 Å². The van der Waals surface area contributed by atoms with Crippen molar-refractivity contribution >= 4 is 29.3 Å². The van der Waals surface area contributed by atoms with Crippen molar-refractivity contribution in [2.75, 3.05) is 0 Å². The number of carbonyl (C=O) groups excluding carboxylic acids is 1. The van der Waals surface area contributed by atoms with E-state index in [-0.39, 0.29) is 0 Å². The summed E-state index contributed by atoms with van der Waals surface area (Å²) in [5, 5.41) is 0.588. The van der Waals surface area contributed by atoms with Crippen LogP contribution in [0.3, 0.4) is 0 Å². The van der Waals surface area contributed by atoms with Crippen LogP contribution in [0.4, 0.5) is 0 Å². The summed E-state index contributed by atoms with van der Waals surface area (Å²) in [6.07, 6.45) is 1.10. The van der Waals surface area contributed by atoms with Crippen LogP contribution in [-0.4, -0.2) is 11.6 Å². The molecule has 1 aliphatic heterocycles. The lowest BCUT2D eigenvalue weighted by Crippen LogP contribution is -2.15. The van der Waals surface area contributed by atoms with Crippen LogP contribution in [0.1, 0.15) is 0 Å². The van der Waals surface area contributed by atoms with Crippen molar-refractivity contribution in [2.24, 2.45) is 0 Å². The molecule has 1 atom stereocenters. The van der Waals surface area contributed by atoms with Crippen LogP contribution in [0.5, 0.6) is 5.75 Å². The van der Waals surface area contributed by atoms with Gasteiger partial charge in [0.1, 0.15) is 5.75 Å². The number of fused-ring (bicyclic) bond motifs is 1. The summed E-state index contributed by atoms with van der Waals surface area (Å²) < 4.78 is 10.3. The Morgan fingerprint density at radius 3 is 3.20 bits per heavy atom. The van der Waals surface area contributed by atoms with Gasteiger partial charge in [-0.1, -0.05) is 18.2 Å². The Labute approximate surface area is 96.0 Å². The van der Waals surface area contributed by atoms with Crippen LogP contribution < -0.4 is 4.74 Å². The summed E-state index contributed by atoms with van der Waals surface area (Å²) >= 11 is 7.11. The number of rotatable bonds is 2. The normalized spacial score (nSPS) is 17.8. The molecular formula is C10H7ClO3S. The second kappa shape index (κ2) is 4.16. The molecule has 1 aliphatic rings. The number of halogens is 1. The second-order valence-electron chi connectivity index (χ2n) is 2.76. The lowest BCUT2D eigenvalue weighted by Gasteiger charge is -2.08. The standard InChI is InChI=1S/C10H7ClO3S/c1-2-9(12)14-10-13-7-5-6(11)3-4-8(7)15-10/h2-5,10H,1H2. The quantitative estimate of drug-likeness (QED) is 0.590. The molecule has 78 valence electrons. The molecule has 0 saturated heterocycles. The number of ether oxygens (including phenoxy) is 2. The molecule has 1 aromatic carbocycles. The smallest absolute Gasteiger partial charge is 0.333 e. The predicted octanol–water partition coefficient (Wildman–Crippen LogP) is 2.84. The summed E-state index contributed by atoms with van der Waals surface area (Å²) in [4.78, 5) is 11.8. The molecular weight excluding hydrogens is 236 g/mol. The SMILES string of the molecule is C=CC(=O)OC1Oc2cc(Cl)ccc2S1. The van der Waals surface area contributed by atoms with E-state index in [9.17, 15) is 4.79 Å². The van der Waals surface area contributed by atoms with Crippen LogP contribution in [0, 0.1) is 0 Å². The average molecular weight is 243 g/mol. The molecule has 1 unspecified atom stereocenters. The van der Waals surface area contributed by atoms with Gasteiger partial charge in [-0.25, -0.2) is 4.79 Å². The minimum atomic E-state index is -0.649. The van der Waals surface area contributed by atoms with Gasteiger partial charge in [0.15, 0.2) is 0 Å². The first-order valence-corrected chi connectivity index (χ1v) is 5.41. The topological polar surface area (TPSA) is 35.5 Å². The Kier molecular flexibility index (Phi) is 2.88. The first-order valence-electron chi connectivity index (χ1n) is 4.15. The van der Waals surface area contributed by atoms with Gasteiger partial charge >= 0.3 is 5.97 Å². The number of esters is 1. The highest BCUT2D eigenvalue weighted by atomic mass is 35.5. The molecule has 0 N–H and O–H groups in total. The van der Waals surface area contributed by atoms with Crippen LogP contribution >= 0.6 is 23.4 Å². The fourth-order valence-electron chi connectivity index (χ4n) is 1.09. The molecule has 0 spiro atoms. The molecule has 0 fully saturated rings. The predicted molar refractivity (Wildman–Crippen MR) is 58.0 cm³/mol. The van der Waals surface area contributed by atoms with E-state index in [0.717, 1.165) is 11.0 Å². The van der Waals surface area contributed by atoms with Gasteiger partial charge in [-0.2, -0.15) is 0 Å². The van der Waals surface area contributed by atoms with E-state index >= 15 is 0 Å². The molecule has 0 radical (unpaired) electrons. The third-order valence-corrected chi connectivity index (χ3v) is 2.94. The van der Waals surface area contributed by atoms with Crippen molar-refractivity contribution in [3.63, 3.8) is 0 Å². The Morgan fingerprint density at radius 1 is 1.67 bits per heavy atom. The third kappa shape index (κ3) is 2.27. The zero-order chi connectivity index (χ0) is 10.8. The third-order valence-electron chi connectivity index (χ3n) is 1.73. The Bertz CT molecular complexity index is 419. The Hall–Kier alpha value is -1.13. The summed E-state index contributed by atoms with van der Waals surface area (Å²) in [6.45, 7) is 3.31. The van der Waals surface area contributed by atoms with E-state index in [1.54, 1.807) is 12.1 Å². The lowest BCUT2D eigenvalue weighted by atomic mass is 10.3. The van der Waals surface area contributed by atoms with Gasteiger partial charge in [0.05, 0.1) is 4.90 Å². The van der Waals surface area contributed by atoms with E-state index < -0.39 is 11.6 Å². The molecule has 1 aromatic rings. The fourth-order valence-corrected chi connectivity index (χ4v) is 2.13. The molecule has 2 rings (SSSR count). The van der Waals surface area contributed by atoms with Gasteiger partial charge in [0, 0.05) is 17.2 Å². The molecule has 0 amide bonds. The van der Waals surface area contributed by atoms with Crippen LogP contribution in [0.15, 0.2) is 35.7 Å². The number of carbonyl (C=O) groups is 1. The molecule has 5 heteroatoms. The zero-order valence-corrected chi connectivity index (χ0v) is 9.18. The highest BCUT2D eigenvalue weighted by molar-refractivity contribution is 8.00. The molecule has 0 aliphatic carbocycles. The van der Waals surface area contributed by atoms with E-state index in [1.807, 2.05) is 6.07 Å². The monoisotopic (exact) mass is 242 g/mol. The van der Waals surface area contributed by atoms with Crippen molar-refractivity contribution in [3.05, 3.63) is 35.9 Å². The van der Waals surface area contributed by atoms with Gasteiger partial charge in [-0.15, -0.1) is 0 Å². The molecule has 0 saturated carbocycles. The zero-order valence-electron chi connectivity index (χ0n) is 7.60. The highest BCUT2D eigenvalue weighted by Crippen LogP contribution is 2.42. The maximum Gasteiger partial charge on any atom is 0.333 e. The van der Waals surface area contributed by atoms with E-state index in [2.05, 4.69) is 6.58 Å². The second-order valence-corrected chi connectivity index (χ2v) is 4.25. The molecule has 15 heavy (non-hydrogen) atoms. The molecule has 1 heterocycles. The maximum atomic E-state index is 10.9. The summed E-state index contributed by atoms with van der Waals surface area (Å²) in [7, 11) is 0.